The third-order valence-corrected chi connectivity index (χ3v) is 3.27. The lowest BCUT2D eigenvalue weighted by Crippen LogP contribution is -2.31. The fraction of sp³-hybridized carbons (Fsp3) is 0.533. The second-order valence-corrected chi connectivity index (χ2v) is 5.05. The summed E-state index contributed by atoms with van der Waals surface area (Å²) in [7, 11) is 2.83. The van der Waals surface area contributed by atoms with Crippen molar-refractivity contribution >= 4 is 5.97 Å². The van der Waals surface area contributed by atoms with Crippen LogP contribution in [0.2, 0.25) is 0 Å². The fourth-order valence-electron chi connectivity index (χ4n) is 1.96. The van der Waals surface area contributed by atoms with E-state index in [1.165, 1.54) is 14.2 Å². The van der Waals surface area contributed by atoms with Crippen LogP contribution < -0.4 is 10.5 Å². The van der Waals surface area contributed by atoms with Gasteiger partial charge in [0.1, 0.15) is 5.75 Å². The van der Waals surface area contributed by atoms with Crippen LogP contribution in [0.5, 0.6) is 5.75 Å². The Morgan fingerprint density at radius 1 is 1.35 bits per heavy atom. The summed E-state index contributed by atoms with van der Waals surface area (Å²) in [6.45, 7) is 4.12. The number of methoxy groups -OCH3 is 2. The van der Waals surface area contributed by atoms with Crippen LogP contribution in [0.25, 0.3) is 0 Å². The van der Waals surface area contributed by atoms with E-state index in [1.54, 1.807) is 6.07 Å². The molecule has 0 bridgehead atoms. The largest absolute Gasteiger partial charge is 0.496 e. The summed E-state index contributed by atoms with van der Waals surface area (Å²) in [5.41, 5.74) is 7.54. The number of rotatable bonds is 6. The van der Waals surface area contributed by atoms with Gasteiger partial charge >= 0.3 is 5.97 Å². The number of ether oxygens (including phenoxy) is 2. The molecule has 0 fully saturated rings. The van der Waals surface area contributed by atoms with Gasteiger partial charge in [-0.15, -0.1) is 0 Å². The Balaban J connectivity index is 3.02. The minimum Gasteiger partial charge on any atom is -0.496 e. The monoisotopic (exact) mass is 281 g/mol. The van der Waals surface area contributed by atoms with E-state index in [0.29, 0.717) is 17.2 Å². The lowest BCUT2D eigenvalue weighted by Gasteiger charge is -2.21. The Labute approximate surface area is 119 Å². The molecule has 0 aliphatic rings. The second kappa shape index (κ2) is 7.26. The van der Waals surface area contributed by atoms with Crippen molar-refractivity contribution in [2.45, 2.75) is 38.3 Å². The molecule has 0 aliphatic carbocycles. The molecule has 20 heavy (non-hydrogen) atoms. The van der Waals surface area contributed by atoms with Crippen LogP contribution in [0.1, 0.15) is 43.4 Å². The average Bonchev–Trinajstić information content (AvgIpc) is 2.45. The number of benzene rings is 1. The fourth-order valence-corrected chi connectivity index (χ4v) is 1.96. The van der Waals surface area contributed by atoms with E-state index in [2.05, 4.69) is 18.6 Å². The van der Waals surface area contributed by atoms with Crippen molar-refractivity contribution in [2.75, 3.05) is 14.2 Å². The molecule has 1 aromatic rings. The van der Waals surface area contributed by atoms with Crippen LogP contribution in [-0.4, -0.2) is 31.3 Å². The van der Waals surface area contributed by atoms with Crippen molar-refractivity contribution in [2.24, 2.45) is 5.73 Å². The molecule has 0 amide bonds. The second-order valence-electron chi connectivity index (χ2n) is 5.05. The lowest BCUT2D eigenvalue weighted by molar-refractivity contribution is -0.141. The number of hydrogen-bond donors (Lipinski definition) is 2. The molecule has 3 N–H and O–H groups in total. The Bertz CT molecular complexity index is 459. The van der Waals surface area contributed by atoms with Gasteiger partial charge in [0.25, 0.3) is 0 Å². The molecule has 5 heteroatoms. The molecule has 0 aliphatic heterocycles. The number of aliphatic hydroxyl groups excluding tert-OH is 1. The zero-order valence-electron chi connectivity index (χ0n) is 12.4. The highest BCUT2D eigenvalue weighted by Gasteiger charge is 2.24. The standard InChI is InChI=1S/C15H23NO4/c1-9(2)10-5-6-13(19-3)11(7-10)15(18)12(16)8-14(17)20-4/h5-7,9,12,15,18H,8,16H2,1-4H3. The summed E-state index contributed by atoms with van der Waals surface area (Å²) in [6.07, 6.45) is -1.03. The van der Waals surface area contributed by atoms with Crippen LogP contribution >= 0.6 is 0 Å². The molecular formula is C15H23NO4. The quantitative estimate of drug-likeness (QED) is 0.776. The predicted octanol–water partition coefficient (Wildman–Crippen LogP) is 1.74. The molecule has 0 saturated carbocycles. The van der Waals surface area contributed by atoms with E-state index >= 15 is 0 Å². The molecule has 5 nitrogen and oxygen atoms in total. The first kappa shape index (κ1) is 16.5. The molecule has 2 unspecified atom stereocenters. The van der Waals surface area contributed by atoms with Gasteiger partial charge in [0.05, 0.1) is 26.7 Å². The summed E-state index contributed by atoms with van der Waals surface area (Å²) in [5.74, 6) is 0.432. The molecule has 1 rings (SSSR count). The van der Waals surface area contributed by atoms with Gasteiger partial charge in [-0.1, -0.05) is 19.9 Å². The molecule has 0 spiro atoms. The maximum Gasteiger partial charge on any atom is 0.307 e. The average molecular weight is 281 g/mol. The van der Waals surface area contributed by atoms with Gasteiger partial charge in [-0.05, 0) is 23.6 Å². The third kappa shape index (κ3) is 3.95. The molecule has 0 radical (unpaired) electrons. The number of carbonyl (C=O) groups is 1. The third-order valence-electron chi connectivity index (χ3n) is 3.27. The first-order valence-corrected chi connectivity index (χ1v) is 6.59. The highest BCUT2D eigenvalue weighted by molar-refractivity contribution is 5.70. The summed E-state index contributed by atoms with van der Waals surface area (Å²) >= 11 is 0. The van der Waals surface area contributed by atoms with Crippen molar-refractivity contribution in [1.29, 1.82) is 0 Å². The van der Waals surface area contributed by atoms with Crippen LogP contribution in [0, 0.1) is 0 Å². The lowest BCUT2D eigenvalue weighted by atomic mass is 9.94. The van der Waals surface area contributed by atoms with Crippen LogP contribution in [0.3, 0.4) is 0 Å². The molecule has 0 heterocycles. The number of hydrogen-bond acceptors (Lipinski definition) is 5. The minimum absolute atomic E-state index is 0.0489. The Morgan fingerprint density at radius 2 is 2.00 bits per heavy atom. The zero-order chi connectivity index (χ0) is 15.3. The molecule has 0 aromatic heterocycles. The Morgan fingerprint density at radius 3 is 2.50 bits per heavy atom. The minimum atomic E-state index is -0.984. The van der Waals surface area contributed by atoms with E-state index in [4.69, 9.17) is 10.5 Å². The maximum atomic E-state index is 11.2. The smallest absolute Gasteiger partial charge is 0.307 e. The first-order chi connectivity index (χ1) is 9.40. The number of aliphatic hydroxyl groups is 1. The predicted molar refractivity (Wildman–Crippen MR) is 76.7 cm³/mol. The zero-order valence-corrected chi connectivity index (χ0v) is 12.4. The molecule has 112 valence electrons. The van der Waals surface area contributed by atoms with Crippen LogP contribution in [-0.2, 0) is 9.53 Å². The Hall–Kier alpha value is -1.59. The van der Waals surface area contributed by atoms with Crippen molar-refractivity contribution in [3.05, 3.63) is 29.3 Å². The van der Waals surface area contributed by atoms with Gasteiger partial charge in [-0.3, -0.25) is 4.79 Å². The van der Waals surface area contributed by atoms with Crippen molar-refractivity contribution < 1.29 is 19.4 Å². The summed E-state index contributed by atoms with van der Waals surface area (Å²) in [4.78, 5) is 11.2. The van der Waals surface area contributed by atoms with Gasteiger partial charge in [0, 0.05) is 11.6 Å². The van der Waals surface area contributed by atoms with Crippen molar-refractivity contribution in [3.8, 4) is 5.75 Å². The first-order valence-electron chi connectivity index (χ1n) is 6.59. The van der Waals surface area contributed by atoms with Gasteiger partial charge in [-0.2, -0.15) is 0 Å². The van der Waals surface area contributed by atoms with E-state index in [-0.39, 0.29) is 6.42 Å². The molecule has 2 atom stereocenters. The van der Waals surface area contributed by atoms with E-state index < -0.39 is 18.1 Å². The maximum absolute atomic E-state index is 11.2. The number of esters is 1. The van der Waals surface area contributed by atoms with Crippen molar-refractivity contribution in [1.82, 2.24) is 0 Å². The molecular weight excluding hydrogens is 258 g/mol. The van der Waals surface area contributed by atoms with Crippen molar-refractivity contribution in [3.63, 3.8) is 0 Å². The van der Waals surface area contributed by atoms with Gasteiger partial charge in [0.2, 0.25) is 0 Å². The van der Waals surface area contributed by atoms with Crippen LogP contribution in [0.15, 0.2) is 18.2 Å². The van der Waals surface area contributed by atoms with Crippen LogP contribution in [0.4, 0.5) is 0 Å². The van der Waals surface area contributed by atoms with E-state index in [9.17, 15) is 9.90 Å². The Kier molecular flexibility index (Phi) is 5.98. The number of nitrogens with two attached hydrogens (primary N) is 1. The highest BCUT2D eigenvalue weighted by atomic mass is 16.5. The summed E-state index contributed by atoms with van der Waals surface area (Å²) < 4.78 is 9.82. The summed E-state index contributed by atoms with van der Waals surface area (Å²) in [6, 6.07) is 4.88. The van der Waals surface area contributed by atoms with Gasteiger partial charge < -0.3 is 20.3 Å². The topological polar surface area (TPSA) is 81.8 Å². The number of carbonyl (C=O) groups excluding carboxylic acids is 1. The van der Waals surface area contributed by atoms with E-state index in [1.807, 2.05) is 12.1 Å². The van der Waals surface area contributed by atoms with E-state index in [0.717, 1.165) is 5.56 Å². The summed E-state index contributed by atoms with van der Waals surface area (Å²) in [5, 5.41) is 10.3. The molecule has 1 aromatic carbocycles. The van der Waals surface area contributed by atoms with Gasteiger partial charge in [0.15, 0.2) is 0 Å². The van der Waals surface area contributed by atoms with Gasteiger partial charge in [-0.25, -0.2) is 0 Å². The molecule has 0 saturated heterocycles. The highest BCUT2D eigenvalue weighted by Crippen LogP contribution is 2.31. The normalized spacial score (nSPS) is 13.9. The SMILES string of the molecule is COC(=O)CC(N)C(O)c1cc(C(C)C)ccc1OC.